The molecule has 6 nitrogen and oxygen atoms in total. The zero-order valence-electron chi connectivity index (χ0n) is 12.5. The van der Waals surface area contributed by atoms with Crippen LogP contribution < -0.4 is 15.4 Å². The number of carbonyl (C=O) groups excluding carboxylic acids is 1. The highest BCUT2D eigenvalue weighted by Gasteiger charge is 2.10. The van der Waals surface area contributed by atoms with Crippen LogP contribution >= 0.6 is 24.8 Å². The van der Waals surface area contributed by atoms with Gasteiger partial charge >= 0.3 is 0 Å². The number of amides is 1. The van der Waals surface area contributed by atoms with Gasteiger partial charge in [-0.25, -0.2) is 0 Å². The van der Waals surface area contributed by atoms with Crippen molar-refractivity contribution < 1.29 is 9.53 Å². The highest BCUT2D eigenvalue weighted by molar-refractivity contribution is 5.90. The maximum atomic E-state index is 11.9. The predicted molar refractivity (Wildman–Crippen MR) is 93.6 cm³/mol. The molecule has 1 amide bonds. The Kier molecular flexibility index (Phi) is 7.88. The van der Waals surface area contributed by atoms with Crippen LogP contribution in [-0.2, 0) is 17.9 Å². The van der Waals surface area contributed by atoms with E-state index >= 15 is 0 Å². The van der Waals surface area contributed by atoms with E-state index in [1.54, 1.807) is 10.9 Å². The van der Waals surface area contributed by atoms with Crippen LogP contribution in [0.5, 0.6) is 5.75 Å². The van der Waals surface area contributed by atoms with Crippen LogP contribution in [0.4, 0.5) is 5.69 Å². The van der Waals surface area contributed by atoms with Gasteiger partial charge in [0.05, 0.1) is 0 Å². The minimum absolute atomic E-state index is 0. The van der Waals surface area contributed by atoms with Gasteiger partial charge in [-0.3, -0.25) is 9.48 Å². The zero-order valence-corrected chi connectivity index (χ0v) is 14.2. The number of aryl methyl sites for hydroxylation is 1. The van der Waals surface area contributed by atoms with Gasteiger partial charge in [0.1, 0.15) is 12.4 Å². The average molecular weight is 359 g/mol. The Morgan fingerprint density at radius 2 is 2.26 bits per heavy atom. The molecular formula is C15H20Cl2N4O2. The van der Waals surface area contributed by atoms with Gasteiger partial charge in [-0.1, -0.05) is 0 Å². The van der Waals surface area contributed by atoms with Crippen LogP contribution in [0.15, 0.2) is 36.7 Å². The van der Waals surface area contributed by atoms with Crippen LogP contribution in [0.1, 0.15) is 12.0 Å². The summed E-state index contributed by atoms with van der Waals surface area (Å²) in [6.07, 6.45) is 3.95. The highest BCUT2D eigenvalue weighted by atomic mass is 35.5. The molecule has 1 aromatic heterocycles. The third-order valence-corrected chi connectivity index (χ3v) is 3.32. The standard InChI is InChI=1S/C15H18N4O2.2ClH/c20-15(4-8-19-7-1-5-17-19)18-13-2-3-14-12(10-13)11-16-6-9-21-14;;/h1-3,5,7,10,16H,4,6,8-9,11H2,(H,18,20);2*1H. The number of benzene rings is 1. The third kappa shape index (κ3) is 5.42. The number of fused-ring (bicyclic) bond motifs is 1. The molecule has 0 saturated carbocycles. The lowest BCUT2D eigenvalue weighted by atomic mass is 10.1. The molecule has 23 heavy (non-hydrogen) atoms. The second-order valence-corrected chi connectivity index (χ2v) is 4.92. The number of aromatic nitrogens is 2. The Morgan fingerprint density at radius 3 is 3.04 bits per heavy atom. The first kappa shape index (κ1) is 19.3. The minimum Gasteiger partial charge on any atom is -0.492 e. The maximum absolute atomic E-state index is 11.9. The number of nitrogens with one attached hydrogen (secondary N) is 2. The molecule has 2 aromatic rings. The molecule has 0 radical (unpaired) electrons. The molecule has 0 unspecified atom stereocenters. The van der Waals surface area contributed by atoms with Gasteiger partial charge in [0.15, 0.2) is 0 Å². The van der Waals surface area contributed by atoms with Crippen molar-refractivity contribution in [2.45, 2.75) is 19.5 Å². The van der Waals surface area contributed by atoms with Gasteiger partial charge in [0.2, 0.25) is 5.91 Å². The monoisotopic (exact) mass is 358 g/mol. The molecule has 1 aromatic carbocycles. The lowest BCUT2D eigenvalue weighted by molar-refractivity contribution is -0.116. The van der Waals surface area contributed by atoms with E-state index in [-0.39, 0.29) is 30.7 Å². The molecule has 2 N–H and O–H groups in total. The summed E-state index contributed by atoms with van der Waals surface area (Å²) >= 11 is 0. The van der Waals surface area contributed by atoms with E-state index in [1.807, 2.05) is 30.5 Å². The van der Waals surface area contributed by atoms with Crippen molar-refractivity contribution in [3.05, 3.63) is 42.2 Å². The molecule has 126 valence electrons. The van der Waals surface area contributed by atoms with Crippen LogP contribution in [0.2, 0.25) is 0 Å². The Balaban J connectivity index is 0.00000132. The lowest BCUT2D eigenvalue weighted by Gasteiger charge is -2.10. The summed E-state index contributed by atoms with van der Waals surface area (Å²) in [5.41, 5.74) is 1.86. The summed E-state index contributed by atoms with van der Waals surface area (Å²) in [5, 5.41) is 10.3. The normalized spacial score (nSPS) is 12.7. The Hall–Kier alpha value is -1.76. The summed E-state index contributed by atoms with van der Waals surface area (Å²) in [6, 6.07) is 7.58. The SMILES string of the molecule is Cl.Cl.O=C(CCn1cccn1)Nc1ccc2c(c1)CNCCO2. The third-order valence-electron chi connectivity index (χ3n) is 3.32. The zero-order chi connectivity index (χ0) is 14.5. The summed E-state index contributed by atoms with van der Waals surface area (Å²) in [7, 11) is 0. The number of hydrogen-bond acceptors (Lipinski definition) is 4. The summed E-state index contributed by atoms with van der Waals surface area (Å²) in [6.45, 7) is 2.84. The number of ether oxygens (including phenoxy) is 1. The summed E-state index contributed by atoms with van der Waals surface area (Å²) in [4.78, 5) is 11.9. The van der Waals surface area contributed by atoms with Crippen LogP contribution in [0.3, 0.4) is 0 Å². The van der Waals surface area contributed by atoms with Gasteiger partial charge in [-0.15, -0.1) is 24.8 Å². The van der Waals surface area contributed by atoms with E-state index < -0.39 is 0 Å². The maximum Gasteiger partial charge on any atom is 0.226 e. The van der Waals surface area contributed by atoms with Crippen molar-refractivity contribution in [2.75, 3.05) is 18.5 Å². The smallest absolute Gasteiger partial charge is 0.226 e. The predicted octanol–water partition coefficient (Wildman–Crippen LogP) is 2.24. The van der Waals surface area contributed by atoms with Gasteiger partial charge in [0.25, 0.3) is 0 Å². The topological polar surface area (TPSA) is 68.2 Å². The van der Waals surface area contributed by atoms with Crippen LogP contribution in [0.25, 0.3) is 0 Å². The fraction of sp³-hybridized carbons (Fsp3) is 0.333. The molecule has 8 heteroatoms. The Morgan fingerprint density at radius 1 is 1.39 bits per heavy atom. The molecule has 3 rings (SSSR count). The van der Waals surface area contributed by atoms with Crippen molar-refractivity contribution >= 4 is 36.4 Å². The Bertz CT molecular complexity index is 620. The summed E-state index contributed by atoms with van der Waals surface area (Å²) < 4.78 is 7.36. The number of anilines is 1. The van der Waals surface area contributed by atoms with Crippen molar-refractivity contribution in [2.24, 2.45) is 0 Å². The van der Waals surface area contributed by atoms with E-state index in [2.05, 4.69) is 15.7 Å². The van der Waals surface area contributed by atoms with Crippen LogP contribution in [-0.4, -0.2) is 28.8 Å². The Labute approximate surface area is 147 Å². The van der Waals surface area contributed by atoms with Gasteiger partial charge in [-0.2, -0.15) is 5.10 Å². The van der Waals surface area contributed by atoms with Crippen molar-refractivity contribution in [3.8, 4) is 5.75 Å². The van der Waals surface area contributed by atoms with E-state index in [0.29, 0.717) is 19.6 Å². The number of rotatable bonds is 4. The molecule has 1 aliphatic rings. The van der Waals surface area contributed by atoms with Gasteiger partial charge in [0, 0.05) is 49.7 Å². The number of nitrogens with zero attached hydrogens (tertiary/aromatic N) is 2. The molecule has 2 heterocycles. The molecule has 1 aliphatic heterocycles. The van der Waals surface area contributed by atoms with Crippen molar-refractivity contribution in [1.29, 1.82) is 0 Å². The highest BCUT2D eigenvalue weighted by Crippen LogP contribution is 2.24. The molecule has 0 spiro atoms. The first-order valence-electron chi connectivity index (χ1n) is 7.05. The number of hydrogen-bond donors (Lipinski definition) is 2. The average Bonchev–Trinajstić information content (AvgIpc) is 2.90. The lowest BCUT2D eigenvalue weighted by Crippen LogP contribution is -2.16. The number of carbonyl (C=O) groups is 1. The van der Waals surface area contributed by atoms with E-state index in [4.69, 9.17) is 4.74 Å². The summed E-state index contributed by atoms with van der Waals surface area (Å²) in [5.74, 6) is 0.863. The molecule has 0 saturated heterocycles. The number of halogens is 2. The van der Waals surface area contributed by atoms with Gasteiger partial charge in [-0.05, 0) is 24.3 Å². The fourth-order valence-corrected chi connectivity index (χ4v) is 2.26. The second-order valence-electron chi connectivity index (χ2n) is 4.92. The second kappa shape index (κ2) is 9.39. The van der Waals surface area contributed by atoms with Crippen LogP contribution in [0, 0.1) is 0 Å². The first-order valence-corrected chi connectivity index (χ1v) is 7.05. The quantitative estimate of drug-likeness (QED) is 0.879. The van der Waals surface area contributed by atoms with E-state index in [9.17, 15) is 4.79 Å². The molecular weight excluding hydrogens is 339 g/mol. The van der Waals surface area contributed by atoms with Crippen molar-refractivity contribution in [1.82, 2.24) is 15.1 Å². The fourth-order valence-electron chi connectivity index (χ4n) is 2.26. The van der Waals surface area contributed by atoms with E-state index in [0.717, 1.165) is 30.1 Å². The molecule has 0 atom stereocenters. The van der Waals surface area contributed by atoms with E-state index in [1.165, 1.54) is 0 Å². The molecule has 0 bridgehead atoms. The molecule has 0 fully saturated rings. The van der Waals surface area contributed by atoms with Crippen molar-refractivity contribution in [3.63, 3.8) is 0 Å². The van der Waals surface area contributed by atoms with Gasteiger partial charge < -0.3 is 15.4 Å². The first-order chi connectivity index (χ1) is 10.3. The molecule has 0 aliphatic carbocycles. The minimum atomic E-state index is -0.0204. The largest absolute Gasteiger partial charge is 0.492 e.